The molecule has 1 aromatic carbocycles. The number of carbonyl (C=O) groups is 2. The summed E-state index contributed by atoms with van der Waals surface area (Å²) >= 11 is 0. The summed E-state index contributed by atoms with van der Waals surface area (Å²) in [6.45, 7) is -0.529. The van der Waals surface area contributed by atoms with Crippen molar-refractivity contribution in [1.29, 1.82) is 0 Å². The first-order valence-corrected chi connectivity index (χ1v) is 7.19. The number of carbonyl (C=O) groups excluding carboxylic acids is 1. The molecule has 0 aliphatic carbocycles. The predicted octanol–water partition coefficient (Wildman–Crippen LogP) is -1.09. The fraction of sp³-hybridized carbons (Fsp3) is 0.167. The third kappa shape index (κ3) is 5.34. The number of carboxylic acids is 1. The number of nitrogens with one attached hydrogen (secondary N) is 1. The molecule has 5 N–H and O–H groups in total. The third-order valence-electron chi connectivity index (χ3n) is 2.40. The zero-order chi connectivity index (χ0) is 16.0. The number of hydrogen-bond donors (Lipinski definition) is 4. The van der Waals surface area contributed by atoms with E-state index in [1.165, 1.54) is 30.3 Å². The molecule has 9 heteroatoms. The van der Waals surface area contributed by atoms with Crippen LogP contribution < -0.4 is 10.5 Å². The molecule has 1 amide bonds. The van der Waals surface area contributed by atoms with Gasteiger partial charge in [0.2, 0.25) is 15.9 Å². The molecule has 0 saturated heterocycles. The summed E-state index contributed by atoms with van der Waals surface area (Å²) in [7, 11) is -3.90. The molecule has 0 aliphatic rings. The van der Waals surface area contributed by atoms with Crippen LogP contribution in [0, 0.1) is 0 Å². The zero-order valence-corrected chi connectivity index (χ0v) is 11.6. The van der Waals surface area contributed by atoms with Gasteiger partial charge in [-0.05, 0) is 23.8 Å². The average molecular weight is 314 g/mol. The minimum atomic E-state index is -3.90. The van der Waals surface area contributed by atoms with Gasteiger partial charge in [0.1, 0.15) is 6.10 Å². The van der Waals surface area contributed by atoms with Crippen LogP contribution in [0.15, 0.2) is 35.2 Å². The average Bonchev–Trinajstić information content (AvgIpc) is 2.43. The van der Waals surface area contributed by atoms with Crippen LogP contribution >= 0.6 is 0 Å². The summed E-state index contributed by atoms with van der Waals surface area (Å²) in [5, 5.41) is 17.6. The molecule has 0 heterocycles. The zero-order valence-electron chi connectivity index (χ0n) is 10.8. The van der Waals surface area contributed by atoms with Crippen LogP contribution in [0.1, 0.15) is 5.56 Å². The van der Waals surface area contributed by atoms with Gasteiger partial charge in [-0.1, -0.05) is 12.1 Å². The monoisotopic (exact) mass is 314 g/mol. The fourth-order valence-corrected chi connectivity index (χ4v) is 2.34. The summed E-state index contributed by atoms with van der Waals surface area (Å²) in [5.74, 6) is -2.15. The Kier molecular flexibility index (Phi) is 5.59. The van der Waals surface area contributed by atoms with Gasteiger partial charge in [0.05, 0.1) is 4.90 Å². The van der Waals surface area contributed by atoms with E-state index in [1.54, 1.807) is 0 Å². The van der Waals surface area contributed by atoms with E-state index in [4.69, 9.17) is 15.9 Å². The standard InChI is InChI=1S/C12H14N2O6S/c13-12(18)10(15)7-14-21(19,20)9-4-1-8(2-5-9)3-6-11(16)17/h1-6,10,14-15H,7H2,(H2,13,18)(H,16,17)/b6-3+. The Balaban J connectivity index is 2.80. The van der Waals surface area contributed by atoms with Gasteiger partial charge in [0.15, 0.2) is 0 Å². The molecule has 1 unspecified atom stereocenters. The van der Waals surface area contributed by atoms with E-state index in [2.05, 4.69) is 0 Å². The molecule has 1 aromatic rings. The summed E-state index contributed by atoms with van der Waals surface area (Å²) in [5.41, 5.74) is 5.31. The van der Waals surface area contributed by atoms with Crippen LogP contribution in [0.2, 0.25) is 0 Å². The molecule has 0 bridgehead atoms. The van der Waals surface area contributed by atoms with Crippen molar-refractivity contribution >= 4 is 28.0 Å². The maximum absolute atomic E-state index is 11.9. The quantitative estimate of drug-likeness (QED) is 0.470. The molecule has 0 radical (unpaired) electrons. The van der Waals surface area contributed by atoms with Gasteiger partial charge in [0, 0.05) is 12.6 Å². The second-order valence-electron chi connectivity index (χ2n) is 4.01. The highest BCUT2D eigenvalue weighted by Crippen LogP contribution is 2.11. The number of carboxylic acid groups (broad SMARTS) is 1. The Morgan fingerprint density at radius 2 is 1.86 bits per heavy atom. The van der Waals surface area contributed by atoms with Crippen molar-refractivity contribution in [3.8, 4) is 0 Å². The van der Waals surface area contributed by atoms with E-state index in [0.29, 0.717) is 5.56 Å². The van der Waals surface area contributed by atoms with Gasteiger partial charge in [0.25, 0.3) is 0 Å². The van der Waals surface area contributed by atoms with E-state index < -0.39 is 34.5 Å². The Bertz CT molecular complexity index is 651. The number of aliphatic hydroxyl groups excluding tert-OH is 1. The molecular formula is C12H14N2O6S. The molecule has 114 valence electrons. The lowest BCUT2D eigenvalue weighted by atomic mass is 10.2. The Hall–Kier alpha value is -2.23. The van der Waals surface area contributed by atoms with E-state index in [0.717, 1.165) is 6.08 Å². The van der Waals surface area contributed by atoms with E-state index in [-0.39, 0.29) is 4.90 Å². The lowest BCUT2D eigenvalue weighted by Gasteiger charge is -2.09. The van der Waals surface area contributed by atoms with Gasteiger partial charge >= 0.3 is 5.97 Å². The van der Waals surface area contributed by atoms with Crippen LogP contribution in [-0.4, -0.2) is 43.2 Å². The molecule has 0 fully saturated rings. The first-order chi connectivity index (χ1) is 9.72. The van der Waals surface area contributed by atoms with Crippen molar-refractivity contribution in [3.05, 3.63) is 35.9 Å². The summed E-state index contributed by atoms with van der Waals surface area (Å²) in [6, 6.07) is 5.36. The van der Waals surface area contributed by atoms with E-state index in [9.17, 15) is 18.0 Å². The molecule has 0 saturated carbocycles. The number of amides is 1. The van der Waals surface area contributed by atoms with E-state index >= 15 is 0 Å². The van der Waals surface area contributed by atoms with Crippen LogP contribution in [-0.2, 0) is 19.6 Å². The lowest BCUT2D eigenvalue weighted by molar-refractivity contribution is -0.131. The number of aliphatic carboxylic acids is 1. The summed E-state index contributed by atoms with van der Waals surface area (Å²) < 4.78 is 25.7. The van der Waals surface area contributed by atoms with Crippen molar-refractivity contribution in [2.45, 2.75) is 11.0 Å². The Morgan fingerprint density at radius 3 is 2.33 bits per heavy atom. The van der Waals surface area contributed by atoms with E-state index in [1.807, 2.05) is 4.72 Å². The number of hydrogen-bond acceptors (Lipinski definition) is 5. The number of primary amides is 1. The molecule has 0 spiro atoms. The van der Waals surface area contributed by atoms with Crippen LogP contribution in [0.4, 0.5) is 0 Å². The summed E-state index contributed by atoms with van der Waals surface area (Å²) in [6.07, 6.45) is 0.617. The van der Waals surface area contributed by atoms with Gasteiger partial charge < -0.3 is 15.9 Å². The molecule has 1 rings (SSSR count). The second kappa shape index (κ2) is 6.97. The van der Waals surface area contributed by atoms with Gasteiger partial charge in [-0.15, -0.1) is 0 Å². The molecule has 0 aliphatic heterocycles. The van der Waals surface area contributed by atoms with Crippen LogP contribution in [0.3, 0.4) is 0 Å². The minimum absolute atomic E-state index is 0.0911. The highest BCUT2D eigenvalue weighted by molar-refractivity contribution is 7.89. The minimum Gasteiger partial charge on any atom is -0.478 e. The normalized spacial score (nSPS) is 13.2. The van der Waals surface area contributed by atoms with Gasteiger partial charge in [-0.2, -0.15) is 0 Å². The second-order valence-corrected chi connectivity index (χ2v) is 5.78. The largest absolute Gasteiger partial charge is 0.478 e. The SMILES string of the molecule is NC(=O)C(O)CNS(=O)(=O)c1ccc(/C=C/C(=O)O)cc1. The fourth-order valence-electron chi connectivity index (χ4n) is 1.30. The van der Waals surface area contributed by atoms with Gasteiger partial charge in [-0.3, -0.25) is 4.79 Å². The lowest BCUT2D eigenvalue weighted by Crippen LogP contribution is -2.39. The molecular weight excluding hydrogens is 300 g/mol. The van der Waals surface area contributed by atoms with Crippen LogP contribution in [0.5, 0.6) is 0 Å². The van der Waals surface area contributed by atoms with Crippen molar-refractivity contribution in [2.75, 3.05) is 6.54 Å². The summed E-state index contributed by atoms with van der Waals surface area (Å²) in [4.78, 5) is 20.9. The van der Waals surface area contributed by atoms with Crippen molar-refractivity contribution in [1.82, 2.24) is 4.72 Å². The maximum atomic E-state index is 11.9. The van der Waals surface area contributed by atoms with Crippen molar-refractivity contribution < 1.29 is 28.2 Å². The number of rotatable bonds is 7. The number of benzene rings is 1. The maximum Gasteiger partial charge on any atom is 0.328 e. The number of aliphatic hydroxyl groups is 1. The highest BCUT2D eigenvalue weighted by Gasteiger charge is 2.18. The Labute approximate surface area is 120 Å². The highest BCUT2D eigenvalue weighted by atomic mass is 32.2. The molecule has 8 nitrogen and oxygen atoms in total. The number of nitrogens with two attached hydrogens (primary N) is 1. The topological polar surface area (TPSA) is 147 Å². The van der Waals surface area contributed by atoms with Crippen molar-refractivity contribution in [2.24, 2.45) is 5.73 Å². The first-order valence-electron chi connectivity index (χ1n) is 5.70. The molecule has 0 aromatic heterocycles. The van der Waals surface area contributed by atoms with Crippen molar-refractivity contribution in [3.63, 3.8) is 0 Å². The molecule has 1 atom stereocenters. The number of sulfonamides is 1. The third-order valence-corrected chi connectivity index (χ3v) is 3.84. The first kappa shape index (κ1) is 16.8. The predicted molar refractivity (Wildman–Crippen MR) is 73.5 cm³/mol. The Morgan fingerprint density at radius 1 is 1.29 bits per heavy atom. The van der Waals surface area contributed by atoms with Gasteiger partial charge in [-0.25, -0.2) is 17.9 Å². The van der Waals surface area contributed by atoms with Crippen LogP contribution in [0.25, 0.3) is 6.08 Å². The molecule has 21 heavy (non-hydrogen) atoms. The smallest absolute Gasteiger partial charge is 0.328 e.